The van der Waals surface area contributed by atoms with Crippen molar-refractivity contribution in [3.8, 4) is 0 Å². The van der Waals surface area contributed by atoms with Gasteiger partial charge in [-0.3, -0.25) is 4.68 Å². The fourth-order valence-corrected chi connectivity index (χ4v) is 3.63. The molecule has 1 heterocycles. The van der Waals surface area contributed by atoms with E-state index in [-0.39, 0.29) is 27.0 Å². The fourth-order valence-electron chi connectivity index (χ4n) is 1.73. The molecule has 0 spiro atoms. The Morgan fingerprint density at radius 2 is 2.05 bits per heavy atom. The van der Waals surface area contributed by atoms with E-state index in [0.29, 0.717) is 5.69 Å². The van der Waals surface area contributed by atoms with E-state index in [0.717, 1.165) is 0 Å². The van der Waals surface area contributed by atoms with E-state index in [9.17, 15) is 13.5 Å². The number of hydrogen-bond acceptors (Lipinski definition) is 4. The highest BCUT2D eigenvalue weighted by atomic mass is 35.5. The van der Waals surface area contributed by atoms with E-state index in [1.807, 2.05) is 0 Å². The maximum absolute atomic E-state index is 12.3. The Balaban J connectivity index is 2.27. The summed E-state index contributed by atoms with van der Waals surface area (Å²) in [7, 11) is -2.09. The van der Waals surface area contributed by atoms with Gasteiger partial charge < -0.3 is 5.11 Å². The summed E-state index contributed by atoms with van der Waals surface area (Å²) in [4.78, 5) is -0.131. The van der Waals surface area contributed by atoms with Gasteiger partial charge in [-0.2, -0.15) is 5.10 Å². The molecule has 2 N–H and O–H groups in total. The van der Waals surface area contributed by atoms with Gasteiger partial charge in [0.05, 0.1) is 23.9 Å². The Labute approximate surface area is 132 Å². The number of aryl methyl sites for hydroxylation is 1. The SMILES string of the molecule is Cn1ccc(CNS(=O)(=O)c2ccc(Cl)c(CO)c2Cl)n1. The van der Waals surface area contributed by atoms with E-state index >= 15 is 0 Å². The Morgan fingerprint density at radius 3 is 2.62 bits per heavy atom. The number of sulfonamides is 1. The third-order valence-electron chi connectivity index (χ3n) is 2.81. The highest BCUT2D eigenvalue weighted by molar-refractivity contribution is 7.89. The van der Waals surface area contributed by atoms with E-state index in [4.69, 9.17) is 23.2 Å². The Bertz CT molecular complexity index is 759. The van der Waals surface area contributed by atoms with E-state index < -0.39 is 16.6 Å². The molecule has 6 nitrogen and oxygen atoms in total. The molecule has 0 bridgehead atoms. The van der Waals surface area contributed by atoms with Crippen LogP contribution in [0.15, 0.2) is 29.3 Å². The van der Waals surface area contributed by atoms with E-state index in [2.05, 4.69) is 9.82 Å². The minimum absolute atomic E-state index is 0.0383. The lowest BCUT2D eigenvalue weighted by molar-refractivity contribution is 0.281. The number of hydrogen-bond donors (Lipinski definition) is 2. The molecule has 2 aromatic rings. The number of rotatable bonds is 5. The zero-order chi connectivity index (χ0) is 15.6. The van der Waals surface area contributed by atoms with Gasteiger partial charge in [0, 0.05) is 23.8 Å². The van der Waals surface area contributed by atoms with E-state index in [1.54, 1.807) is 24.0 Å². The van der Waals surface area contributed by atoms with Gasteiger partial charge in [-0.05, 0) is 18.2 Å². The first-order valence-electron chi connectivity index (χ1n) is 5.91. The molecule has 114 valence electrons. The van der Waals surface area contributed by atoms with Crippen LogP contribution >= 0.6 is 23.2 Å². The van der Waals surface area contributed by atoms with Crippen LogP contribution in [-0.4, -0.2) is 23.3 Å². The lowest BCUT2D eigenvalue weighted by Gasteiger charge is -2.11. The number of benzene rings is 1. The molecule has 1 aromatic heterocycles. The average molecular weight is 350 g/mol. The monoisotopic (exact) mass is 349 g/mol. The van der Waals surface area contributed by atoms with Crippen LogP contribution in [0.5, 0.6) is 0 Å². The van der Waals surface area contributed by atoms with Crippen LogP contribution in [0.1, 0.15) is 11.3 Å². The Morgan fingerprint density at radius 1 is 1.33 bits per heavy atom. The number of nitrogens with one attached hydrogen (secondary N) is 1. The molecular formula is C12H13Cl2N3O3S. The largest absolute Gasteiger partial charge is 0.392 e. The molecule has 0 unspecified atom stereocenters. The summed E-state index contributed by atoms with van der Waals surface area (Å²) in [5.41, 5.74) is 0.757. The van der Waals surface area contributed by atoms with Gasteiger partial charge in [-0.25, -0.2) is 13.1 Å². The molecule has 1 aromatic carbocycles. The van der Waals surface area contributed by atoms with Crippen molar-refractivity contribution in [2.24, 2.45) is 7.05 Å². The molecular weight excluding hydrogens is 337 g/mol. The zero-order valence-electron chi connectivity index (χ0n) is 11.0. The van der Waals surface area contributed by atoms with Crippen molar-refractivity contribution >= 4 is 33.2 Å². The van der Waals surface area contributed by atoms with E-state index in [1.165, 1.54) is 12.1 Å². The van der Waals surface area contributed by atoms with Crippen LogP contribution in [0.4, 0.5) is 0 Å². The summed E-state index contributed by atoms with van der Waals surface area (Å²) in [5, 5.41) is 13.4. The highest BCUT2D eigenvalue weighted by Gasteiger charge is 2.21. The molecule has 0 amide bonds. The Hall–Kier alpha value is -1.12. The number of nitrogens with zero attached hydrogens (tertiary/aromatic N) is 2. The second kappa shape index (κ2) is 6.33. The first-order chi connectivity index (χ1) is 9.85. The summed E-state index contributed by atoms with van der Waals surface area (Å²) >= 11 is 11.9. The van der Waals surface area contributed by atoms with Gasteiger partial charge in [0.1, 0.15) is 4.90 Å². The second-order valence-corrected chi connectivity index (χ2v) is 6.82. The summed E-state index contributed by atoms with van der Waals surface area (Å²) in [6.45, 7) is -0.405. The van der Waals surface area contributed by atoms with Crippen LogP contribution in [0.25, 0.3) is 0 Å². The number of aliphatic hydroxyl groups excluding tert-OH is 1. The van der Waals surface area contributed by atoms with Gasteiger partial charge in [0.2, 0.25) is 10.0 Å². The molecule has 21 heavy (non-hydrogen) atoms. The minimum Gasteiger partial charge on any atom is -0.392 e. The summed E-state index contributed by atoms with van der Waals surface area (Å²) < 4.78 is 28.5. The van der Waals surface area contributed by atoms with Crippen LogP contribution in [0, 0.1) is 0 Å². The molecule has 0 aliphatic carbocycles. The third kappa shape index (κ3) is 3.56. The zero-order valence-corrected chi connectivity index (χ0v) is 13.4. The molecule has 0 atom stereocenters. The normalized spacial score (nSPS) is 11.8. The quantitative estimate of drug-likeness (QED) is 0.860. The van der Waals surface area contributed by atoms with Crippen molar-refractivity contribution in [2.45, 2.75) is 18.0 Å². The molecule has 0 fully saturated rings. The van der Waals surface area contributed by atoms with Gasteiger partial charge in [-0.1, -0.05) is 23.2 Å². The van der Waals surface area contributed by atoms with Crippen molar-refractivity contribution in [3.63, 3.8) is 0 Å². The standard InChI is InChI=1S/C12H13Cl2N3O3S/c1-17-5-4-8(16-17)6-15-21(19,20)11-3-2-10(13)9(7-18)12(11)14/h2-5,15,18H,6-7H2,1H3. The van der Waals surface area contributed by atoms with Gasteiger partial charge in [0.15, 0.2) is 0 Å². The topological polar surface area (TPSA) is 84.2 Å². The molecule has 0 aliphatic rings. The second-order valence-electron chi connectivity index (χ2n) is 4.30. The number of halogens is 2. The summed E-state index contributed by atoms with van der Waals surface area (Å²) in [5.74, 6) is 0. The first-order valence-corrected chi connectivity index (χ1v) is 8.15. The molecule has 2 rings (SSSR count). The fraction of sp³-hybridized carbons (Fsp3) is 0.250. The molecule has 0 aliphatic heterocycles. The predicted octanol–water partition coefficient (Wildman–Crippen LogP) is 1.70. The van der Waals surface area contributed by atoms with Crippen LogP contribution < -0.4 is 4.72 Å². The smallest absolute Gasteiger partial charge is 0.242 e. The van der Waals surface area contributed by atoms with Gasteiger partial charge in [0.25, 0.3) is 0 Å². The van der Waals surface area contributed by atoms with Crippen molar-refractivity contribution in [1.29, 1.82) is 0 Å². The first kappa shape index (κ1) is 16.3. The maximum atomic E-state index is 12.3. The Kier molecular flexibility index (Phi) is 4.90. The average Bonchev–Trinajstić information content (AvgIpc) is 2.83. The molecule has 0 saturated heterocycles. The number of aromatic nitrogens is 2. The van der Waals surface area contributed by atoms with Crippen LogP contribution in [0.3, 0.4) is 0 Å². The van der Waals surface area contributed by atoms with Crippen LogP contribution in [-0.2, 0) is 30.2 Å². The maximum Gasteiger partial charge on any atom is 0.242 e. The van der Waals surface area contributed by atoms with Crippen molar-refractivity contribution in [3.05, 3.63) is 45.7 Å². The van der Waals surface area contributed by atoms with Crippen molar-refractivity contribution in [2.75, 3.05) is 0 Å². The van der Waals surface area contributed by atoms with Crippen molar-refractivity contribution < 1.29 is 13.5 Å². The third-order valence-corrected chi connectivity index (χ3v) is 5.15. The molecule has 0 saturated carbocycles. The molecule has 0 radical (unpaired) electrons. The molecule has 9 heteroatoms. The highest BCUT2D eigenvalue weighted by Crippen LogP contribution is 2.31. The lowest BCUT2D eigenvalue weighted by Crippen LogP contribution is -2.24. The predicted molar refractivity (Wildman–Crippen MR) is 79.6 cm³/mol. The minimum atomic E-state index is -3.83. The van der Waals surface area contributed by atoms with Crippen LogP contribution in [0.2, 0.25) is 10.0 Å². The van der Waals surface area contributed by atoms with Gasteiger partial charge >= 0.3 is 0 Å². The number of aliphatic hydroxyl groups is 1. The van der Waals surface area contributed by atoms with Gasteiger partial charge in [-0.15, -0.1) is 0 Å². The summed E-state index contributed by atoms with van der Waals surface area (Å²) in [6.07, 6.45) is 1.71. The lowest BCUT2D eigenvalue weighted by atomic mass is 10.2. The van der Waals surface area contributed by atoms with Crippen molar-refractivity contribution in [1.82, 2.24) is 14.5 Å². The summed E-state index contributed by atoms with van der Waals surface area (Å²) in [6, 6.07) is 4.38.